The smallest absolute Gasteiger partial charge is 0.347 e. The summed E-state index contributed by atoms with van der Waals surface area (Å²) >= 11 is 0. The molecule has 0 aliphatic heterocycles. The van der Waals surface area contributed by atoms with Crippen LogP contribution in [0.2, 0.25) is 0 Å². The second-order valence-corrected chi connectivity index (χ2v) is 11.6. The first-order valence-corrected chi connectivity index (χ1v) is 12.4. The minimum atomic E-state index is -2.92. The minimum Gasteiger partial charge on any atom is -0.462 e. The maximum Gasteiger partial charge on any atom is 0.347 e. The zero-order chi connectivity index (χ0) is 23.2. The van der Waals surface area contributed by atoms with E-state index in [-0.39, 0.29) is 11.9 Å². The molecule has 0 aliphatic rings. The van der Waals surface area contributed by atoms with E-state index < -0.39 is 24.4 Å². The Morgan fingerprint density at radius 3 is 1.38 bits per heavy atom. The summed E-state index contributed by atoms with van der Waals surface area (Å²) in [5, 5.41) is 2.68. The molecule has 5 heteroatoms. The van der Waals surface area contributed by atoms with Crippen molar-refractivity contribution >= 4 is 40.0 Å². The molecule has 0 aromatic heterocycles. The third-order valence-corrected chi connectivity index (χ3v) is 9.08. The number of carbonyl (C=O) groups excluding carboxylic acids is 2. The second-order valence-electron chi connectivity index (χ2n) is 8.25. The van der Waals surface area contributed by atoms with Gasteiger partial charge in [-0.05, 0) is 50.5 Å². The van der Waals surface area contributed by atoms with Crippen molar-refractivity contribution in [1.29, 1.82) is 0 Å². The summed E-state index contributed by atoms with van der Waals surface area (Å²) in [6, 6.07) is 29.1. The Kier molecular flexibility index (Phi) is 7.37. The quantitative estimate of drug-likeness (QED) is 0.324. The van der Waals surface area contributed by atoms with Crippen LogP contribution in [-0.2, 0) is 19.1 Å². The highest BCUT2D eigenvalue weighted by molar-refractivity contribution is 7.97. The highest BCUT2D eigenvalue weighted by atomic mass is 31.2. The summed E-state index contributed by atoms with van der Waals surface area (Å²) in [7, 11) is 0. The van der Waals surface area contributed by atoms with E-state index in [1.165, 1.54) is 0 Å². The van der Waals surface area contributed by atoms with Gasteiger partial charge < -0.3 is 9.47 Å². The first-order chi connectivity index (χ1) is 15.3. The average Bonchev–Trinajstić information content (AvgIpc) is 2.78. The molecule has 166 valence electrons. The summed E-state index contributed by atoms with van der Waals surface area (Å²) in [4.78, 5) is 27.2. The lowest BCUT2D eigenvalue weighted by Gasteiger charge is -2.32. The van der Waals surface area contributed by atoms with Crippen molar-refractivity contribution in [2.24, 2.45) is 0 Å². The minimum absolute atomic E-state index is 0.0397. The van der Waals surface area contributed by atoms with Gasteiger partial charge in [0.1, 0.15) is 5.60 Å². The topological polar surface area (TPSA) is 52.6 Å². The van der Waals surface area contributed by atoms with Gasteiger partial charge in [0.15, 0.2) is 5.29 Å². The molecule has 0 atom stereocenters. The maximum atomic E-state index is 13.7. The molecule has 0 radical (unpaired) electrons. The maximum absolute atomic E-state index is 13.7. The van der Waals surface area contributed by atoms with Gasteiger partial charge in [0, 0.05) is 0 Å². The summed E-state index contributed by atoms with van der Waals surface area (Å²) in [5.41, 5.74) is -0.769. The average molecular weight is 448 g/mol. The molecule has 0 amide bonds. The number of hydrogen-bond donors (Lipinski definition) is 0. The number of benzene rings is 3. The molecule has 0 N–H and O–H groups in total. The molecule has 0 unspecified atom stereocenters. The highest BCUT2D eigenvalue weighted by Crippen LogP contribution is 2.46. The summed E-state index contributed by atoms with van der Waals surface area (Å²) in [6.07, 6.45) is 0. The zero-order valence-corrected chi connectivity index (χ0v) is 19.8. The molecule has 0 bridgehead atoms. The third kappa shape index (κ3) is 4.87. The predicted octanol–water partition coefficient (Wildman–Crippen LogP) is 4.06. The van der Waals surface area contributed by atoms with Crippen LogP contribution in [-0.4, -0.2) is 29.4 Å². The van der Waals surface area contributed by atoms with E-state index in [1.54, 1.807) is 27.7 Å². The van der Waals surface area contributed by atoms with Gasteiger partial charge in [-0.1, -0.05) is 91.0 Å². The SMILES string of the molecule is CCOC(=O)C(C(=O)OC(C)(C)C)=P(c1ccccc1)(c1ccccc1)c1ccccc1. The lowest BCUT2D eigenvalue weighted by molar-refractivity contribution is -0.148. The van der Waals surface area contributed by atoms with Crippen molar-refractivity contribution in [3.05, 3.63) is 91.0 Å². The molecular formula is C27H29O4P. The molecule has 0 saturated heterocycles. The van der Waals surface area contributed by atoms with Crippen molar-refractivity contribution in [3.63, 3.8) is 0 Å². The molecule has 4 nitrogen and oxygen atoms in total. The largest absolute Gasteiger partial charge is 0.462 e. The van der Waals surface area contributed by atoms with Gasteiger partial charge in [0.2, 0.25) is 0 Å². The Morgan fingerprint density at radius 1 is 0.688 bits per heavy atom. The van der Waals surface area contributed by atoms with Crippen molar-refractivity contribution in [2.45, 2.75) is 33.3 Å². The fraction of sp³-hybridized carbons (Fsp3) is 0.222. The van der Waals surface area contributed by atoms with E-state index in [0.29, 0.717) is 0 Å². The van der Waals surface area contributed by atoms with Gasteiger partial charge in [-0.2, -0.15) is 0 Å². The van der Waals surface area contributed by atoms with Crippen LogP contribution in [0, 0.1) is 0 Å². The number of carbonyl (C=O) groups is 2. The molecule has 0 spiro atoms. The second kappa shape index (κ2) is 10.0. The van der Waals surface area contributed by atoms with Crippen LogP contribution < -0.4 is 15.9 Å². The molecule has 3 aromatic rings. The molecule has 0 fully saturated rings. The van der Waals surface area contributed by atoms with Crippen LogP contribution in [0.15, 0.2) is 91.0 Å². The first kappa shape index (κ1) is 23.6. The van der Waals surface area contributed by atoms with Crippen LogP contribution in [0.3, 0.4) is 0 Å². The summed E-state index contributed by atoms with van der Waals surface area (Å²) in [6.45, 7) is 4.35. The van der Waals surface area contributed by atoms with Crippen molar-refractivity contribution in [1.82, 2.24) is 0 Å². The number of rotatable bonds is 6. The van der Waals surface area contributed by atoms with Crippen LogP contribution >= 0.6 is 6.89 Å². The van der Waals surface area contributed by atoms with Crippen molar-refractivity contribution in [3.8, 4) is 0 Å². The fourth-order valence-corrected chi connectivity index (χ4v) is 7.86. The zero-order valence-electron chi connectivity index (χ0n) is 18.9. The Morgan fingerprint density at radius 2 is 1.06 bits per heavy atom. The lowest BCUT2D eigenvalue weighted by Crippen LogP contribution is -2.41. The van der Waals surface area contributed by atoms with Gasteiger partial charge in [0.05, 0.1) is 6.61 Å². The summed E-state index contributed by atoms with van der Waals surface area (Å²) in [5.74, 6) is -1.30. The summed E-state index contributed by atoms with van der Waals surface area (Å²) < 4.78 is 11.2. The van der Waals surface area contributed by atoms with E-state index in [2.05, 4.69) is 0 Å². The molecule has 0 saturated carbocycles. The standard InChI is InChI=1S/C27H29O4P/c1-5-30-25(28)24(26(29)31-27(2,3)4)32(21-15-9-6-10-16-21,22-17-11-7-12-18-22)23-19-13-8-14-20-23/h6-20H,5H2,1-4H3. The highest BCUT2D eigenvalue weighted by Gasteiger charge is 2.39. The first-order valence-electron chi connectivity index (χ1n) is 10.6. The van der Waals surface area contributed by atoms with Gasteiger partial charge in [-0.3, -0.25) is 0 Å². The lowest BCUT2D eigenvalue weighted by atomic mass is 10.2. The van der Waals surface area contributed by atoms with Gasteiger partial charge in [-0.15, -0.1) is 0 Å². The molecule has 0 aliphatic carbocycles. The third-order valence-electron chi connectivity index (χ3n) is 4.83. The van der Waals surface area contributed by atoms with Crippen LogP contribution in [0.5, 0.6) is 0 Å². The van der Waals surface area contributed by atoms with E-state index in [4.69, 9.17) is 9.47 Å². The van der Waals surface area contributed by atoms with Crippen LogP contribution in [0.1, 0.15) is 27.7 Å². The Hall–Kier alpha value is -3.10. The van der Waals surface area contributed by atoms with E-state index >= 15 is 0 Å². The van der Waals surface area contributed by atoms with Gasteiger partial charge >= 0.3 is 11.9 Å². The van der Waals surface area contributed by atoms with E-state index in [9.17, 15) is 9.59 Å². The molecule has 3 aromatic carbocycles. The Bertz CT molecular complexity index is 1010. The molecule has 32 heavy (non-hydrogen) atoms. The van der Waals surface area contributed by atoms with Crippen molar-refractivity contribution < 1.29 is 19.1 Å². The fourth-order valence-electron chi connectivity index (χ4n) is 3.67. The van der Waals surface area contributed by atoms with Crippen LogP contribution in [0.25, 0.3) is 0 Å². The van der Waals surface area contributed by atoms with Crippen molar-refractivity contribution in [2.75, 3.05) is 6.61 Å². The Balaban J connectivity index is 2.59. The Labute approximate surface area is 190 Å². The molecule has 3 rings (SSSR count). The number of ether oxygens (including phenoxy) is 2. The van der Waals surface area contributed by atoms with Gasteiger partial charge in [0.25, 0.3) is 0 Å². The monoisotopic (exact) mass is 448 g/mol. The van der Waals surface area contributed by atoms with E-state index in [0.717, 1.165) is 15.9 Å². The van der Waals surface area contributed by atoms with Gasteiger partial charge in [-0.25, -0.2) is 9.59 Å². The predicted molar refractivity (Wildman–Crippen MR) is 133 cm³/mol. The number of hydrogen-bond acceptors (Lipinski definition) is 4. The number of esters is 2. The van der Waals surface area contributed by atoms with Crippen LogP contribution in [0.4, 0.5) is 0 Å². The van der Waals surface area contributed by atoms with E-state index in [1.807, 2.05) is 91.0 Å². The molecular weight excluding hydrogens is 419 g/mol. The molecule has 0 heterocycles. The normalized spacial score (nSPS) is 11.5.